The number of rotatable bonds is 4. The van der Waals surface area contributed by atoms with Gasteiger partial charge in [-0.05, 0) is 44.9 Å². The van der Waals surface area contributed by atoms with Crippen molar-refractivity contribution in [3.05, 3.63) is 46.3 Å². The summed E-state index contributed by atoms with van der Waals surface area (Å²) in [4.78, 5) is 19.9. The lowest BCUT2D eigenvalue weighted by atomic mass is 10.0. The molecule has 7 heteroatoms. The van der Waals surface area contributed by atoms with E-state index in [4.69, 9.17) is 16.1 Å². The van der Waals surface area contributed by atoms with Crippen molar-refractivity contribution in [2.75, 3.05) is 44.2 Å². The van der Waals surface area contributed by atoms with E-state index in [1.165, 1.54) is 5.69 Å². The van der Waals surface area contributed by atoms with Crippen molar-refractivity contribution < 1.29 is 9.32 Å². The second-order valence-corrected chi connectivity index (χ2v) is 8.55. The summed E-state index contributed by atoms with van der Waals surface area (Å²) in [5, 5.41) is 4.76. The molecule has 0 unspecified atom stereocenters. The molecule has 29 heavy (non-hydrogen) atoms. The number of anilines is 1. The Balaban J connectivity index is 1.32. The van der Waals surface area contributed by atoms with Gasteiger partial charge in [0.05, 0.1) is 12.1 Å². The predicted octanol–water partition coefficient (Wildman–Crippen LogP) is 3.30. The van der Waals surface area contributed by atoms with E-state index >= 15 is 0 Å². The number of amides is 1. The van der Waals surface area contributed by atoms with E-state index in [2.05, 4.69) is 21.0 Å². The summed E-state index contributed by atoms with van der Waals surface area (Å²) in [5.41, 5.74) is 2.95. The van der Waals surface area contributed by atoms with Gasteiger partial charge >= 0.3 is 0 Å². The number of piperidine rings is 1. The van der Waals surface area contributed by atoms with Gasteiger partial charge in [0.2, 0.25) is 5.91 Å². The van der Waals surface area contributed by atoms with E-state index in [0.717, 1.165) is 74.2 Å². The van der Waals surface area contributed by atoms with Crippen LogP contribution >= 0.6 is 11.6 Å². The molecule has 0 saturated carbocycles. The quantitative estimate of drug-likeness (QED) is 0.765. The highest BCUT2D eigenvalue weighted by molar-refractivity contribution is 6.30. The van der Waals surface area contributed by atoms with Crippen LogP contribution in [0.15, 0.2) is 28.8 Å². The molecule has 156 valence electrons. The van der Waals surface area contributed by atoms with Crippen molar-refractivity contribution >= 4 is 23.2 Å². The normalized spacial score (nSPS) is 20.9. The van der Waals surface area contributed by atoms with Gasteiger partial charge in [-0.3, -0.25) is 9.69 Å². The van der Waals surface area contributed by atoms with Crippen LogP contribution < -0.4 is 4.90 Å². The Hall–Kier alpha value is -2.05. The number of hydrogen-bond donors (Lipinski definition) is 0. The molecule has 2 aliphatic rings. The highest BCUT2D eigenvalue weighted by Gasteiger charge is 2.30. The van der Waals surface area contributed by atoms with Crippen LogP contribution in [0.4, 0.5) is 5.69 Å². The van der Waals surface area contributed by atoms with Crippen molar-refractivity contribution in [1.82, 2.24) is 15.0 Å². The van der Waals surface area contributed by atoms with E-state index in [9.17, 15) is 4.79 Å². The minimum Gasteiger partial charge on any atom is -0.369 e. The van der Waals surface area contributed by atoms with Crippen LogP contribution in [0.3, 0.4) is 0 Å². The van der Waals surface area contributed by atoms with E-state index in [1.807, 2.05) is 36.9 Å². The van der Waals surface area contributed by atoms with Gasteiger partial charge in [0.25, 0.3) is 0 Å². The second-order valence-electron chi connectivity index (χ2n) is 8.12. The SMILES string of the molecule is Cc1noc(C)c1CC(=O)N1CCC[C@@H](N2CCN(c3cccc(Cl)c3)CC2)C1. The molecule has 4 rings (SSSR count). The van der Waals surface area contributed by atoms with Crippen LogP contribution in [0.5, 0.6) is 0 Å². The molecule has 0 bridgehead atoms. The average Bonchev–Trinajstić information content (AvgIpc) is 3.06. The number of carbonyl (C=O) groups excluding carboxylic acids is 1. The summed E-state index contributed by atoms with van der Waals surface area (Å²) >= 11 is 6.15. The monoisotopic (exact) mass is 416 g/mol. The van der Waals surface area contributed by atoms with E-state index in [-0.39, 0.29) is 5.91 Å². The third-order valence-corrected chi connectivity index (χ3v) is 6.50. The third kappa shape index (κ3) is 4.59. The number of likely N-dealkylation sites (tertiary alicyclic amines) is 1. The number of halogens is 1. The van der Waals surface area contributed by atoms with Gasteiger partial charge < -0.3 is 14.3 Å². The van der Waals surface area contributed by atoms with Crippen molar-refractivity contribution in [3.63, 3.8) is 0 Å². The molecule has 0 N–H and O–H groups in total. The van der Waals surface area contributed by atoms with Crippen LogP contribution in [0.25, 0.3) is 0 Å². The first-order chi connectivity index (χ1) is 14.0. The van der Waals surface area contributed by atoms with Gasteiger partial charge in [0, 0.05) is 61.6 Å². The van der Waals surface area contributed by atoms with Gasteiger partial charge in [-0.1, -0.05) is 22.8 Å². The lowest BCUT2D eigenvalue weighted by molar-refractivity contribution is -0.132. The number of nitrogens with zero attached hydrogens (tertiary/aromatic N) is 4. The number of carbonyl (C=O) groups is 1. The van der Waals surface area contributed by atoms with Gasteiger partial charge in [-0.25, -0.2) is 0 Å². The summed E-state index contributed by atoms with van der Waals surface area (Å²) in [7, 11) is 0. The minimum atomic E-state index is 0.182. The molecule has 0 spiro atoms. The first-order valence-electron chi connectivity index (χ1n) is 10.5. The zero-order valence-corrected chi connectivity index (χ0v) is 18.0. The van der Waals surface area contributed by atoms with Gasteiger partial charge in [-0.2, -0.15) is 0 Å². The second kappa shape index (κ2) is 8.76. The van der Waals surface area contributed by atoms with Crippen molar-refractivity contribution in [3.8, 4) is 0 Å². The van der Waals surface area contributed by atoms with Crippen molar-refractivity contribution in [2.45, 2.75) is 39.2 Å². The molecule has 2 aromatic rings. The average molecular weight is 417 g/mol. The number of aromatic nitrogens is 1. The fourth-order valence-corrected chi connectivity index (χ4v) is 4.70. The maximum Gasteiger partial charge on any atom is 0.227 e. The summed E-state index contributed by atoms with van der Waals surface area (Å²) in [6, 6.07) is 8.52. The zero-order chi connectivity index (χ0) is 20.4. The van der Waals surface area contributed by atoms with Gasteiger partial charge in [0.15, 0.2) is 0 Å². The van der Waals surface area contributed by atoms with Gasteiger partial charge in [0.1, 0.15) is 5.76 Å². The summed E-state index contributed by atoms with van der Waals surface area (Å²) in [5.74, 6) is 0.934. The summed E-state index contributed by atoms with van der Waals surface area (Å²) in [6.45, 7) is 9.46. The Kier molecular flexibility index (Phi) is 6.11. The maximum atomic E-state index is 12.9. The number of benzene rings is 1. The Morgan fingerprint density at radius 1 is 1.21 bits per heavy atom. The molecular formula is C22H29ClN4O2. The molecule has 2 fully saturated rings. The van der Waals surface area contributed by atoms with Gasteiger partial charge in [-0.15, -0.1) is 0 Å². The largest absolute Gasteiger partial charge is 0.369 e. The molecule has 0 aliphatic carbocycles. The summed E-state index contributed by atoms with van der Waals surface area (Å²) in [6.07, 6.45) is 2.61. The van der Waals surface area contributed by atoms with E-state index in [0.29, 0.717) is 12.5 Å². The lowest BCUT2D eigenvalue weighted by Crippen LogP contribution is -2.56. The fourth-order valence-electron chi connectivity index (χ4n) is 4.51. The Labute approximate surface area is 177 Å². The zero-order valence-electron chi connectivity index (χ0n) is 17.2. The van der Waals surface area contributed by atoms with Crippen LogP contribution in [0, 0.1) is 13.8 Å². The smallest absolute Gasteiger partial charge is 0.227 e. The standard InChI is InChI=1S/C22H29ClN4O2/c1-16-21(17(2)29-24-16)14-22(28)27-8-4-7-20(15-27)26-11-9-25(10-12-26)19-6-3-5-18(23)13-19/h3,5-6,13,20H,4,7-12,14-15H2,1-2H3/t20-/m1/s1. The maximum absolute atomic E-state index is 12.9. The highest BCUT2D eigenvalue weighted by atomic mass is 35.5. The van der Waals surface area contributed by atoms with E-state index < -0.39 is 0 Å². The molecule has 1 amide bonds. The molecule has 1 aromatic heterocycles. The number of piperazine rings is 1. The Morgan fingerprint density at radius 2 is 2.00 bits per heavy atom. The molecule has 1 aromatic carbocycles. The predicted molar refractivity (Wildman–Crippen MR) is 115 cm³/mol. The third-order valence-electron chi connectivity index (χ3n) is 6.26. The van der Waals surface area contributed by atoms with Crippen molar-refractivity contribution in [1.29, 1.82) is 0 Å². The Morgan fingerprint density at radius 3 is 2.69 bits per heavy atom. The molecule has 0 radical (unpaired) electrons. The fraction of sp³-hybridized carbons (Fsp3) is 0.545. The van der Waals surface area contributed by atoms with Crippen molar-refractivity contribution in [2.24, 2.45) is 0 Å². The van der Waals surface area contributed by atoms with Crippen LogP contribution in [-0.2, 0) is 11.2 Å². The lowest BCUT2D eigenvalue weighted by Gasteiger charge is -2.44. The highest BCUT2D eigenvalue weighted by Crippen LogP contribution is 2.24. The molecule has 2 aliphatic heterocycles. The number of aryl methyl sites for hydroxylation is 2. The summed E-state index contributed by atoms with van der Waals surface area (Å²) < 4.78 is 5.21. The number of hydrogen-bond acceptors (Lipinski definition) is 5. The van der Waals surface area contributed by atoms with Crippen LogP contribution in [-0.4, -0.2) is 66.2 Å². The molecule has 6 nitrogen and oxygen atoms in total. The topological polar surface area (TPSA) is 52.8 Å². The minimum absolute atomic E-state index is 0.182. The van der Waals surface area contributed by atoms with Crippen LogP contribution in [0.2, 0.25) is 5.02 Å². The molecule has 3 heterocycles. The molecule has 1 atom stereocenters. The molecular weight excluding hydrogens is 388 g/mol. The van der Waals surface area contributed by atoms with E-state index in [1.54, 1.807) is 0 Å². The Bertz CT molecular complexity index is 841. The van der Waals surface area contributed by atoms with Crippen LogP contribution in [0.1, 0.15) is 29.9 Å². The molecule has 2 saturated heterocycles. The first-order valence-corrected chi connectivity index (χ1v) is 10.8. The first kappa shape index (κ1) is 20.2.